The summed E-state index contributed by atoms with van der Waals surface area (Å²) in [7, 11) is 0. The van der Waals surface area contributed by atoms with Crippen molar-refractivity contribution in [3.05, 3.63) is 57.6 Å². The molecule has 0 aliphatic carbocycles. The van der Waals surface area contributed by atoms with E-state index in [0.717, 1.165) is 28.1 Å². The first-order valence-corrected chi connectivity index (χ1v) is 9.16. The Hall–Kier alpha value is -1.52. The zero-order valence-electron chi connectivity index (χ0n) is 14.9. The fraction of sp³-hybridized carbons (Fsp3) is 0.400. The molecule has 0 heterocycles. The Bertz CT molecular complexity index is 671. The third-order valence-corrected chi connectivity index (χ3v) is 4.50. The van der Waals surface area contributed by atoms with Crippen LogP contribution in [-0.2, 0) is 13.2 Å². The second-order valence-corrected chi connectivity index (χ2v) is 6.93. The molecule has 0 aliphatic rings. The van der Waals surface area contributed by atoms with Gasteiger partial charge >= 0.3 is 0 Å². The molecule has 0 saturated heterocycles. The lowest BCUT2D eigenvalue weighted by atomic mass is 10.1. The lowest BCUT2D eigenvalue weighted by Crippen LogP contribution is -2.22. The van der Waals surface area contributed by atoms with E-state index in [-0.39, 0.29) is 0 Å². The standard InChI is InChI=1S/C20H26BrNO2/c1-5-23-19-10-17(12-22-14(2)3)18(21)11-20(19)24-13-16-9-7-6-8-15(16)4/h6-11,14,22H,5,12-13H2,1-4H3. The number of nitrogens with one attached hydrogen (secondary N) is 1. The molecule has 0 unspecified atom stereocenters. The van der Waals surface area contributed by atoms with Crippen LogP contribution in [0.4, 0.5) is 0 Å². The molecule has 0 aliphatic heterocycles. The van der Waals surface area contributed by atoms with Gasteiger partial charge in [0.1, 0.15) is 6.61 Å². The maximum absolute atomic E-state index is 6.04. The van der Waals surface area contributed by atoms with Gasteiger partial charge in [-0.05, 0) is 42.7 Å². The molecule has 0 atom stereocenters. The summed E-state index contributed by atoms with van der Waals surface area (Å²) in [6.07, 6.45) is 0. The molecule has 0 aromatic heterocycles. The first kappa shape index (κ1) is 18.8. The molecule has 0 radical (unpaired) electrons. The van der Waals surface area contributed by atoms with E-state index in [4.69, 9.17) is 9.47 Å². The van der Waals surface area contributed by atoms with E-state index in [1.54, 1.807) is 0 Å². The zero-order valence-corrected chi connectivity index (χ0v) is 16.4. The molecule has 24 heavy (non-hydrogen) atoms. The highest BCUT2D eigenvalue weighted by atomic mass is 79.9. The SMILES string of the molecule is CCOc1cc(CNC(C)C)c(Br)cc1OCc1ccccc1C. The number of benzene rings is 2. The van der Waals surface area contributed by atoms with E-state index in [1.807, 2.05) is 25.1 Å². The van der Waals surface area contributed by atoms with Crippen LogP contribution in [0.1, 0.15) is 37.5 Å². The summed E-state index contributed by atoms with van der Waals surface area (Å²) in [5.74, 6) is 1.55. The Labute approximate surface area is 153 Å². The van der Waals surface area contributed by atoms with Gasteiger partial charge in [-0.3, -0.25) is 0 Å². The Morgan fingerprint density at radius 2 is 1.75 bits per heavy atom. The maximum Gasteiger partial charge on any atom is 0.162 e. The van der Waals surface area contributed by atoms with E-state index in [0.29, 0.717) is 19.3 Å². The number of hydrogen-bond donors (Lipinski definition) is 1. The fourth-order valence-electron chi connectivity index (χ4n) is 2.34. The van der Waals surface area contributed by atoms with E-state index in [9.17, 15) is 0 Å². The zero-order chi connectivity index (χ0) is 17.5. The summed E-state index contributed by atoms with van der Waals surface area (Å²) in [5.41, 5.74) is 3.57. The maximum atomic E-state index is 6.04. The Balaban J connectivity index is 2.18. The van der Waals surface area contributed by atoms with Gasteiger partial charge in [-0.15, -0.1) is 0 Å². The van der Waals surface area contributed by atoms with E-state index in [1.165, 1.54) is 11.1 Å². The first-order chi connectivity index (χ1) is 11.5. The van der Waals surface area contributed by atoms with E-state index in [2.05, 4.69) is 60.2 Å². The van der Waals surface area contributed by atoms with Crippen LogP contribution < -0.4 is 14.8 Å². The van der Waals surface area contributed by atoms with Crippen LogP contribution in [0.2, 0.25) is 0 Å². The Morgan fingerprint density at radius 1 is 1.04 bits per heavy atom. The number of rotatable bonds is 8. The molecule has 130 valence electrons. The van der Waals surface area contributed by atoms with Crippen molar-refractivity contribution in [1.82, 2.24) is 5.32 Å². The minimum atomic E-state index is 0.435. The first-order valence-electron chi connectivity index (χ1n) is 8.37. The number of ether oxygens (including phenoxy) is 2. The quantitative estimate of drug-likeness (QED) is 0.667. The van der Waals surface area contributed by atoms with Crippen LogP contribution in [0.5, 0.6) is 11.5 Å². The van der Waals surface area contributed by atoms with Gasteiger partial charge < -0.3 is 14.8 Å². The predicted molar refractivity (Wildman–Crippen MR) is 103 cm³/mol. The molecule has 2 aromatic carbocycles. The van der Waals surface area contributed by atoms with Crippen LogP contribution >= 0.6 is 15.9 Å². The highest BCUT2D eigenvalue weighted by Gasteiger charge is 2.12. The predicted octanol–water partition coefficient (Wildman–Crippen LogP) is 5.23. The van der Waals surface area contributed by atoms with Gasteiger partial charge in [0, 0.05) is 17.1 Å². The van der Waals surface area contributed by atoms with Gasteiger partial charge in [0.15, 0.2) is 11.5 Å². The summed E-state index contributed by atoms with van der Waals surface area (Å²) in [4.78, 5) is 0. The highest BCUT2D eigenvalue weighted by Crippen LogP contribution is 2.34. The molecule has 2 rings (SSSR count). The third kappa shape index (κ3) is 5.25. The van der Waals surface area contributed by atoms with Gasteiger partial charge in [0.2, 0.25) is 0 Å². The molecule has 2 aromatic rings. The van der Waals surface area contributed by atoms with Crippen molar-refractivity contribution in [1.29, 1.82) is 0 Å². The summed E-state index contributed by atoms with van der Waals surface area (Å²) in [5, 5.41) is 3.43. The van der Waals surface area contributed by atoms with Crippen molar-refractivity contribution < 1.29 is 9.47 Å². The Morgan fingerprint density at radius 3 is 2.42 bits per heavy atom. The molecule has 3 nitrogen and oxygen atoms in total. The van der Waals surface area contributed by atoms with Crippen LogP contribution in [0, 0.1) is 6.92 Å². The molecule has 0 fully saturated rings. The van der Waals surface area contributed by atoms with Crippen LogP contribution in [0.3, 0.4) is 0 Å². The summed E-state index contributed by atoms with van der Waals surface area (Å²) < 4.78 is 12.9. The molecule has 0 bridgehead atoms. The topological polar surface area (TPSA) is 30.5 Å². The average molecular weight is 392 g/mol. The van der Waals surface area contributed by atoms with Crippen molar-refractivity contribution in [2.24, 2.45) is 0 Å². The second kappa shape index (κ2) is 9.09. The van der Waals surface area contributed by atoms with Crippen LogP contribution in [0.15, 0.2) is 40.9 Å². The monoisotopic (exact) mass is 391 g/mol. The molecular formula is C20H26BrNO2. The lowest BCUT2D eigenvalue weighted by Gasteiger charge is -2.16. The number of halogens is 1. The van der Waals surface area contributed by atoms with Gasteiger partial charge in [0.05, 0.1) is 6.61 Å². The largest absolute Gasteiger partial charge is 0.490 e. The molecule has 0 saturated carbocycles. The van der Waals surface area contributed by atoms with Crippen LogP contribution in [0.25, 0.3) is 0 Å². The average Bonchev–Trinajstić information content (AvgIpc) is 2.55. The van der Waals surface area contributed by atoms with Crippen molar-refractivity contribution in [3.63, 3.8) is 0 Å². The van der Waals surface area contributed by atoms with Crippen molar-refractivity contribution in [2.45, 2.75) is 46.9 Å². The van der Waals surface area contributed by atoms with Gasteiger partial charge in [-0.25, -0.2) is 0 Å². The van der Waals surface area contributed by atoms with Crippen LogP contribution in [-0.4, -0.2) is 12.6 Å². The third-order valence-electron chi connectivity index (χ3n) is 3.76. The molecule has 0 amide bonds. The van der Waals surface area contributed by atoms with Crippen molar-refractivity contribution in [3.8, 4) is 11.5 Å². The molecule has 4 heteroatoms. The molecular weight excluding hydrogens is 366 g/mol. The Kier molecular flexibility index (Phi) is 7.13. The lowest BCUT2D eigenvalue weighted by molar-refractivity contribution is 0.268. The second-order valence-electron chi connectivity index (χ2n) is 6.07. The van der Waals surface area contributed by atoms with Gasteiger partial charge in [-0.1, -0.05) is 54.0 Å². The minimum absolute atomic E-state index is 0.435. The van der Waals surface area contributed by atoms with Gasteiger partial charge in [-0.2, -0.15) is 0 Å². The summed E-state index contributed by atoms with van der Waals surface area (Å²) in [6, 6.07) is 12.7. The normalized spacial score (nSPS) is 10.9. The molecule has 0 spiro atoms. The highest BCUT2D eigenvalue weighted by molar-refractivity contribution is 9.10. The number of aryl methyl sites for hydroxylation is 1. The van der Waals surface area contributed by atoms with E-state index >= 15 is 0 Å². The minimum Gasteiger partial charge on any atom is -0.490 e. The summed E-state index contributed by atoms with van der Waals surface area (Å²) in [6.45, 7) is 10.3. The smallest absolute Gasteiger partial charge is 0.162 e. The fourth-order valence-corrected chi connectivity index (χ4v) is 2.80. The van der Waals surface area contributed by atoms with Gasteiger partial charge in [0.25, 0.3) is 0 Å². The van der Waals surface area contributed by atoms with Crippen molar-refractivity contribution >= 4 is 15.9 Å². The van der Waals surface area contributed by atoms with E-state index < -0.39 is 0 Å². The summed E-state index contributed by atoms with van der Waals surface area (Å²) >= 11 is 3.65. The van der Waals surface area contributed by atoms with Crippen molar-refractivity contribution in [2.75, 3.05) is 6.61 Å². The number of hydrogen-bond acceptors (Lipinski definition) is 3. The molecule has 1 N–H and O–H groups in total.